The Morgan fingerprint density at radius 3 is 2.23 bits per heavy atom. The zero-order valence-corrected chi connectivity index (χ0v) is 17.0. The number of halogens is 2. The van der Waals surface area contributed by atoms with Crippen LogP contribution in [0, 0.1) is 0 Å². The van der Waals surface area contributed by atoms with Crippen LogP contribution in [0.4, 0.5) is 11.4 Å². The van der Waals surface area contributed by atoms with Gasteiger partial charge in [0.05, 0.1) is 0 Å². The molecule has 3 N–H and O–H groups in total. The molecule has 2 aromatic carbocycles. The summed E-state index contributed by atoms with van der Waals surface area (Å²) < 4.78 is 0. The van der Waals surface area contributed by atoms with E-state index < -0.39 is 0 Å². The van der Waals surface area contributed by atoms with Gasteiger partial charge < -0.3 is 16.0 Å². The van der Waals surface area contributed by atoms with Gasteiger partial charge in [0.15, 0.2) is 0 Å². The molecule has 0 aromatic heterocycles. The highest BCUT2D eigenvalue weighted by atomic mass is 35.5. The highest BCUT2D eigenvalue weighted by molar-refractivity contribution is 5.94. The van der Waals surface area contributed by atoms with Crippen LogP contribution in [0.5, 0.6) is 0 Å². The van der Waals surface area contributed by atoms with Gasteiger partial charge in [0, 0.05) is 37.1 Å². The standard InChI is InChI=1S/C20H27N3O.2ClH/c1-3-4-15-23(2)19-11-7-17(8-12-19)20(24)22-14-13-16-5-9-18(21)10-6-16;;/h5-12H,3-4,13-15,21H2,1-2H3,(H,22,24);2*1H. The van der Waals surface area contributed by atoms with Crippen molar-refractivity contribution in [3.05, 3.63) is 59.7 Å². The molecule has 0 aliphatic carbocycles. The maximum atomic E-state index is 12.2. The largest absolute Gasteiger partial charge is 0.399 e. The first kappa shape index (κ1) is 24.1. The highest BCUT2D eigenvalue weighted by Gasteiger charge is 2.06. The molecule has 0 aliphatic heterocycles. The molecule has 4 nitrogen and oxygen atoms in total. The fourth-order valence-electron chi connectivity index (χ4n) is 2.50. The summed E-state index contributed by atoms with van der Waals surface area (Å²) in [4.78, 5) is 14.4. The maximum Gasteiger partial charge on any atom is 0.251 e. The average Bonchev–Trinajstić information content (AvgIpc) is 2.61. The number of anilines is 2. The molecule has 0 radical (unpaired) electrons. The number of nitrogens with two attached hydrogens (primary N) is 1. The molecule has 2 rings (SSSR count). The number of rotatable bonds is 8. The number of nitrogens with one attached hydrogen (secondary N) is 1. The predicted octanol–water partition coefficient (Wildman–Crippen LogP) is 4.32. The van der Waals surface area contributed by atoms with Gasteiger partial charge in [-0.15, -0.1) is 24.8 Å². The van der Waals surface area contributed by atoms with Gasteiger partial charge in [-0.2, -0.15) is 0 Å². The fraction of sp³-hybridized carbons (Fsp3) is 0.350. The third-order valence-electron chi connectivity index (χ3n) is 4.10. The SMILES string of the molecule is CCCCN(C)c1ccc(C(=O)NCCc2ccc(N)cc2)cc1.Cl.Cl. The maximum absolute atomic E-state index is 12.2. The van der Waals surface area contributed by atoms with Crippen LogP contribution in [-0.4, -0.2) is 26.0 Å². The first-order chi connectivity index (χ1) is 11.6. The number of amides is 1. The van der Waals surface area contributed by atoms with E-state index in [1.165, 1.54) is 12.8 Å². The Labute approximate surface area is 169 Å². The molecule has 0 spiro atoms. The molecule has 0 saturated carbocycles. The van der Waals surface area contributed by atoms with E-state index in [0.29, 0.717) is 12.1 Å². The molecule has 1 amide bonds. The Kier molecular flexibility index (Phi) is 11.5. The van der Waals surface area contributed by atoms with Crippen molar-refractivity contribution in [2.24, 2.45) is 0 Å². The molecule has 0 heterocycles. The average molecular weight is 398 g/mol. The van der Waals surface area contributed by atoms with Crippen molar-refractivity contribution < 1.29 is 4.79 Å². The Morgan fingerprint density at radius 1 is 1.04 bits per heavy atom. The lowest BCUT2D eigenvalue weighted by Crippen LogP contribution is -2.25. The number of carbonyl (C=O) groups is 1. The number of nitrogen functional groups attached to an aromatic ring is 1. The van der Waals surface area contributed by atoms with Crippen LogP contribution < -0.4 is 16.0 Å². The van der Waals surface area contributed by atoms with Crippen LogP contribution in [0.3, 0.4) is 0 Å². The first-order valence-corrected chi connectivity index (χ1v) is 8.54. The minimum absolute atomic E-state index is 0. The third kappa shape index (κ3) is 7.54. The van der Waals surface area contributed by atoms with Crippen molar-refractivity contribution in [3.8, 4) is 0 Å². The smallest absolute Gasteiger partial charge is 0.251 e. The summed E-state index contributed by atoms with van der Waals surface area (Å²) in [5, 5.41) is 2.96. The third-order valence-corrected chi connectivity index (χ3v) is 4.10. The van der Waals surface area contributed by atoms with Gasteiger partial charge in [-0.05, 0) is 54.8 Å². The van der Waals surface area contributed by atoms with Crippen LogP contribution >= 0.6 is 24.8 Å². The van der Waals surface area contributed by atoms with E-state index in [1.54, 1.807) is 0 Å². The van der Waals surface area contributed by atoms with Crippen molar-refractivity contribution in [3.63, 3.8) is 0 Å². The molecular formula is C20H29Cl2N3O. The van der Waals surface area contributed by atoms with Crippen LogP contribution in [0.1, 0.15) is 35.7 Å². The van der Waals surface area contributed by atoms with Crippen LogP contribution in [0.2, 0.25) is 0 Å². The van der Waals surface area contributed by atoms with E-state index in [0.717, 1.165) is 29.9 Å². The van der Waals surface area contributed by atoms with Gasteiger partial charge in [-0.1, -0.05) is 25.5 Å². The zero-order chi connectivity index (χ0) is 17.4. The number of hydrogen-bond acceptors (Lipinski definition) is 3. The van der Waals surface area contributed by atoms with Crippen LogP contribution in [-0.2, 0) is 6.42 Å². The van der Waals surface area contributed by atoms with Gasteiger partial charge in [0.2, 0.25) is 0 Å². The van der Waals surface area contributed by atoms with E-state index in [-0.39, 0.29) is 30.7 Å². The summed E-state index contributed by atoms with van der Waals surface area (Å²) in [6.07, 6.45) is 3.15. The molecule has 26 heavy (non-hydrogen) atoms. The Hall–Kier alpha value is -1.91. The minimum atomic E-state index is -0.0341. The molecule has 0 unspecified atom stereocenters. The Balaban J connectivity index is 0.00000312. The van der Waals surface area contributed by atoms with Gasteiger partial charge >= 0.3 is 0 Å². The van der Waals surface area contributed by atoms with E-state index in [9.17, 15) is 4.79 Å². The molecule has 0 saturated heterocycles. The van der Waals surface area contributed by atoms with Gasteiger partial charge in [0.1, 0.15) is 0 Å². The summed E-state index contributed by atoms with van der Waals surface area (Å²) in [7, 11) is 2.08. The summed E-state index contributed by atoms with van der Waals surface area (Å²) in [6.45, 7) is 3.83. The second-order valence-corrected chi connectivity index (χ2v) is 6.07. The predicted molar refractivity (Wildman–Crippen MR) is 116 cm³/mol. The fourth-order valence-corrected chi connectivity index (χ4v) is 2.50. The van der Waals surface area contributed by atoms with Gasteiger partial charge in [-0.25, -0.2) is 0 Å². The lowest BCUT2D eigenvalue weighted by atomic mass is 10.1. The summed E-state index contributed by atoms with van der Waals surface area (Å²) in [6, 6.07) is 15.5. The highest BCUT2D eigenvalue weighted by Crippen LogP contribution is 2.14. The van der Waals surface area contributed by atoms with E-state index in [4.69, 9.17) is 5.73 Å². The van der Waals surface area contributed by atoms with Gasteiger partial charge in [-0.3, -0.25) is 4.79 Å². The van der Waals surface area contributed by atoms with E-state index >= 15 is 0 Å². The molecule has 6 heteroatoms. The number of hydrogen-bond donors (Lipinski definition) is 2. The van der Waals surface area contributed by atoms with Crippen molar-refractivity contribution in [1.29, 1.82) is 0 Å². The number of benzene rings is 2. The van der Waals surface area contributed by atoms with Crippen molar-refractivity contribution in [2.45, 2.75) is 26.2 Å². The summed E-state index contributed by atoms with van der Waals surface area (Å²) >= 11 is 0. The molecular weight excluding hydrogens is 369 g/mol. The van der Waals surface area contributed by atoms with Crippen LogP contribution in [0.25, 0.3) is 0 Å². The van der Waals surface area contributed by atoms with E-state index in [1.807, 2.05) is 48.5 Å². The Morgan fingerprint density at radius 2 is 1.65 bits per heavy atom. The topological polar surface area (TPSA) is 58.4 Å². The second-order valence-electron chi connectivity index (χ2n) is 6.07. The molecule has 0 atom stereocenters. The molecule has 2 aromatic rings. The van der Waals surface area contributed by atoms with Gasteiger partial charge in [0.25, 0.3) is 5.91 Å². The van der Waals surface area contributed by atoms with Crippen molar-refractivity contribution in [1.82, 2.24) is 5.32 Å². The molecule has 0 aliphatic rings. The molecule has 144 valence electrons. The van der Waals surface area contributed by atoms with E-state index in [2.05, 4.69) is 24.2 Å². The molecule has 0 fully saturated rings. The first-order valence-electron chi connectivity index (χ1n) is 8.54. The summed E-state index contributed by atoms with van der Waals surface area (Å²) in [5.74, 6) is -0.0341. The van der Waals surface area contributed by atoms with Crippen molar-refractivity contribution in [2.75, 3.05) is 30.8 Å². The zero-order valence-electron chi connectivity index (χ0n) is 15.4. The van der Waals surface area contributed by atoms with Crippen molar-refractivity contribution >= 4 is 42.1 Å². The minimum Gasteiger partial charge on any atom is -0.399 e. The number of carbonyl (C=O) groups excluding carboxylic acids is 1. The van der Waals surface area contributed by atoms with Crippen LogP contribution in [0.15, 0.2) is 48.5 Å². The number of unbranched alkanes of at least 4 members (excludes halogenated alkanes) is 1. The normalized spacial score (nSPS) is 9.62. The lowest BCUT2D eigenvalue weighted by molar-refractivity contribution is 0.0954. The monoisotopic (exact) mass is 397 g/mol. The quantitative estimate of drug-likeness (QED) is 0.651. The lowest BCUT2D eigenvalue weighted by Gasteiger charge is -2.19. The number of nitrogens with zero attached hydrogens (tertiary/aromatic N) is 1. The summed E-state index contributed by atoms with van der Waals surface area (Å²) in [5.41, 5.74) is 9.42. The molecule has 0 bridgehead atoms. The Bertz CT molecular complexity index is 645. The second kappa shape index (κ2) is 12.4.